The second-order valence-corrected chi connectivity index (χ2v) is 8.10. The van der Waals surface area contributed by atoms with Crippen LogP contribution in [0.25, 0.3) is 10.9 Å². The number of hydrogen-bond donors (Lipinski definition) is 1. The number of aromatic amines is 1. The standard InChI is InChI=1S/C24H25N3O2/c1-26-22(19-15-25-20-12-6-5-9-16(19)20)21(24(29)27-13-7-2-8-14-27)17-10-3-4-11-18(17)23(26)28/h3-6,9-12,15,21-22,25H,2,7-8,13-14H2,1H3. The summed E-state index contributed by atoms with van der Waals surface area (Å²) in [7, 11) is 1.82. The topological polar surface area (TPSA) is 56.4 Å². The van der Waals surface area contributed by atoms with Crippen LogP contribution < -0.4 is 0 Å². The third-order valence-electron chi connectivity index (χ3n) is 6.45. The van der Waals surface area contributed by atoms with Crippen molar-refractivity contribution in [3.8, 4) is 0 Å². The number of amides is 2. The van der Waals surface area contributed by atoms with E-state index < -0.39 is 5.92 Å². The smallest absolute Gasteiger partial charge is 0.254 e. The number of carbonyl (C=O) groups excluding carboxylic acids is 2. The first kappa shape index (κ1) is 18.0. The monoisotopic (exact) mass is 387 g/mol. The molecule has 0 radical (unpaired) electrons. The Morgan fingerprint density at radius 3 is 2.52 bits per heavy atom. The SMILES string of the molecule is CN1C(=O)c2ccccc2C(C(=O)N2CCCCC2)C1c1c[nH]c2ccccc12. The van der Waals surface area contributed by atoms with Gasteiger partial charge in [0.15, 0.2) is 0 Å². The molecule has 0 saturated carbocycles. The summed E-state index contributed by atoms with van der Waals surface area (Å²) in [5.74, 6) is -0.295. The molecule has 0 aliphatic carbocycles. The summed E-state index contributed by atoms with van der Waals surface area (Å²) in [6.45, 7) is 1.60. The van der Waals surface area contributed by atoms with E-state index in [0.29, 0.717) is 5.56 Å². The molecule has 3 aromatic rings. The van der Waals surface area contributed by atoms with E-state index in [1.54, 1.807) is 4.90 Å². The highest BCUT2D eigenvalue weighted by atomic mass is 16.2. The summed E-state index contributed by atoms with van der Waals surface area (Å²) in [5, 5.41) is 1.06. The van der Waals surface area contributed by atoms with Crippen LogP contribution in [-0.4, -0.2) is 46.7 Å². The molecule has 1 fully saturated rings. The number of piperidine rings is 1. The van der Waals surface area contributed by atoms with Crippen molar-refractivity contribution in [3.05, 3.63) is 71.4 Å². The number of likely N-dealkylation sites (tertiary alicyclic amines) is 1. The second-order valence-electron chi connectivity index (χ2n) is 8.10. The number of fused-ring (bicyclic) bond motifs is 2. The highest BCUT2D eigenvalue weighted by Gasteiger charge is 2.44. The highest BCUT2D eigenvalue weighted by molar-refractivity contribution is 6.02. The van der Waals surface area contributed by atoms with Crippen LogP contribution in [0, 0.1) is 0 Å². The van der Waals surface area contributed by atoms with E-state index in [1.165, 1.54) is 6.42 Å². The van der Waals surface area contributed by atoms with Crippen molar-refractivity contribution < 1.29 is 9.59 Å². The average molecular weight is 387 g/mol. The number of hydrogen-bond acceptors (Lipinski definition) is 2. The predicted molar refractivity (Wildman–Crippen MR) is 113 cm³/mol. The van der Waals surface area contributed by atoms with Gasteiger partial charge in [0.25, 0.3) is 5.91 Å². The van der Waals surface area contributed by atoms with Crippen LogP contribution in [0.1, 0.15) is 52.7 Å². The van der Waals surface area contributed by atoms with Crippen molar-refractivity contribution in [2.24, 2.45) is 0 Å². The summed E-state index contributed by atoms with van der Waals surface area (Å²) in [4.78, 5) is 34.1. The minimum absolute atomic E-state index is 0.0291. The molecule has 3 heterocycles. The summed E-state index contributed by atoms with van der Waals surface area (Å²) in [5.41, 5.74) is 3.51. The fourth-order valence-electron chi connectivity index (χ4n) is 4.98. The van der Waals surface area contributed by atoms with Crippen LogP contribution in [0.4, 0.5) is 0 Å². The Labute approximate surface area is 170 Å². The molecule has 0 spiro atoms. The van der Waals surface area contributed by atoms with Gasteiger partial charge in [0.05, 0.1) is 12.0 Å². The van der Waals surface area contributed by atoms with E-state index in [-0.39, 0.29) is 17.9 Å². The Bertz CT molecular complexity index is 1080. The van der Waals surface area contributed by atoms with Gasteiger partial charge in [-0.15, -0.1) is 0 Å². The van der Waals surface area contributed by atoms with Crippen molar-refractivity contribution in [1.29, 1.82) is 0 Å². The molecule has 5 rings (SSSR count). The van der Waals surface area contributed by atoms with E-state index in [4.69, 9.17) is 0 Å². The van der Waals surface area contributed by atoms with Gasteiger partial charge in [-0.25, -0.2) is 0 Å². The molecule has 1 saturated heterocycles. The van der Waals surface area contributed by atoms with Crippen molar-refractivity contribution in [3.63, 3.8) is 0 Å². The van der Waals surface area contributed by atoms with Crippen LogP contribution in [0.5, 0.6) is 0 Å². The van der Waals surface area contributed by atoms with Crippen LogP contribution in [0.2, 0.25) is 0 Å². The van der Waals surface area contributed by atoms with Gasteiger partial charge >= 0.3 is 0 Å². The van der Waals surface area contributed by atoms with Crippen LogP contribution >= 0.6 is 0 Å². The molecule has 29 heavy (non-hydrogen) atoms. The zero-order valence-electron chi connectivity index (χ0n) is 16.6. The minimum Gasteiger partial charge on any atom is -0.361 e. The van der Waals surface area contributed by atoms with Crippen molar-refractivity contribution in [1.82, 2.24) is 14.8 Å². The fourth-order valence-corrected chi connectivity index (χ4v) is 4.98. The first-order valence-corrected chi connectivity index (χ1v) is 10.4. The largest absolute Gasteiger partial charge is 0.361 e. The summed E-state index contributed by atoms with van der Waals surface area (Å²) in [6, 6.07) is 15.3. The molecule has 2 amide bonds. The van der Waals surface area contributed by atoms with E-state index >= 15 is 0 Å². The van der Waals surface area contributed by atoms with E-state index in [1.807, 2.05) is 60.6 Å². The molecule has 148 valence electrons. The van der Waals surface area contributed by atoms with Crippen LogP contribution in [0.3, 0.4) is 0 Å². The van der Waals surface area contributed by atoms with Crippen molar-refractivity contribution >= 4 is 22.7 Å². The molecule has 2 unspecified atom stereocenters. The lowest BCUT2D eigenvalue weighted by Gasteiger charge is -2.42. The molecule has 1 aromatic heterocycles. The number of aromatic nitrogens is 1. The molecular weight excluding hydrogens is 362 g/mol. The Morgan fingerprint density at radius 2 is 1.69 bits per heavy atom. The molecule has 5 heteroatoms. The summed E-state index contributed by atoms with van der Waals surface area (Å²) in [6.07, 6.45) is 5.23. The molecule has 2 aliphatic heterocycles. The maximum Gasteiger partial charge on any atom is 0.254 e. The third kappa shape index (κ3) is 2.84. The number of benzene rings is 2. The Morgan fingerprint density at radius 1 is 0.966 bits per heavy atom. The van der Waals surface area contributed by atoms with Crippen LogP contribution in [-0.2, 0) is 4.79 Å². The zero-order valence-corrected chi connectivity index (χ0v) is 16.6. The van der Waals surface area contributed by atoms with Gasteiger partial charge in [-0.1, -0.05) is 36.4 Å². The minimum atomic E-state index is -0.397. The van der Waals surface area contributed by atoms with E-state index in [9.17, 15) is 9.59 Å². The maximum absolute atomic E-state index is 13.8. The Kier molecular flexibility index (Phi) is 4.38. The molecule has 2 aromatic carbocycles. The van der Waals surface area contributed by atoms with E-state index in [2.05, 4.69) is 11.1 Å². The van der Waals surface area contributed by atoms with Gasteiger partial charge in [-0.2, -0.15) is 0 Å². The number of carbonyl (C=O) groups is 2. The van der Waals surface area contributed by atoms with Gasteiger partial charge in [0.2, 0.25) is 5.91 Å². The lowest BCUT2D eigenvalue weighted by Crippen LogP contribution is -2.48. The Hall–Kier alpha value is -3.08. The number of nitrogens with one attached hydrogen (secondary N) is 1. The number of para-hydroxylation sites is 1. The molecule has 0 bridgehead atoms. The molecule has 5 nitrogen and oxygen atoms in total. The van der Waals surface area contributed by atoms with Gasteiger partial charge in [-0.05, 0) is 37.0 Å². The van der Waals surface area contributed by atoms with Crippen LogP contribution in [0.15, 0.2) is 54.7 Å². The van der Waals surface area contributed by atoms with E-state index in [0.717, 1.165) is 48.0 Å². The van der Waals surface area contributed by atoms with Gasteiger partial charge in [-0.3, -0.25) is 9.59 Å². The summed E-state index contributed by atoms with van der Waals surface area (Å²) >= 11 is 0. The number of nitrogens with zero attached hydrogens (tertiary/aromatic N) is 2. The maximum atomic E-state index is 13.8. The number of likely N-dealkylation sites (N-methyl/N-ethyl adjacent to an activating group) is 1. The normalized spacial score (nSPS) is 22.0. The van der Waals surface area contributed by atoms with Gasteiger partial charge < -0.3 is 14.8 Å². The molecule has 2 atom stereocenters. The average Bonchev–Trinajstić information content (AvgIpc) is 3.20. The molecule has 1 N–H and O–H groups in total. The second kappa shape index (κ2) is 7.07. The third-order valence-corrected chi connectivity index (χ3v) is 6.45. The first-order valence-electron chi connectivity index (χ1n) is 10.4. The first-order chi connectivity index (χ1) is 14.2. The lowest BCUT2D eigenvalue weighted by atomic mass is 9.79. The highest BCUT2D eigenvalue weighted by Crippen LogP contribution is 2.45. The Balaban J connectivity index is 1.68. The number of rotatable bonds is 2. The van der Waals surface area contributed by atoms with Gasteiger partial charge in [0, 0.05) is 48.4 Å². The molecule has 2 aliphatic rings. The van der Waals surface area contributed by atoms with Crippen molar-refractivity contribution in [2.45, 2.75) is 31.2 Å². The molecular formula is C24H25N3O2. The quantitative estimate of drug-likeness (QED) is 0.720. The fraction of sp³-hybridized carbons (Fsp3) is 0.333. The predicted octanol–water partition coefficient (Wildman–Crippen LogP) is 4.09. The zero-order chi connectivity index (χ0) is 20.0. The lowest BCUT2D eigenvalue weighted by molar-refractivity contribution is -0.135. The van der Waals surface area contributed by atoms with Gasteiger partial charge in [0.1, 0.15) is 0 Å². The van der Waals surface area contributed by atoms with Crippen molar-refractivity contribution in [2.75, 3.05) is 20.1 Å². The number of H-pyrrole nitrogens is 1. The summed E-state index contributed by atoms with van der Waals surface area (Å²) < 4.78 is 0.